The van der Waals surface area contributed by atoms with E-state index >= 15 is 0 Å². The number of nitrogens with one attached hydrogen (secondary N) is 1. The quantitative estimate of drug-likeness (QED) is 0.465. The van der Waals surface area contributed by atoms with Crippen molar-refractivity contribution in [3.63, 3.8) is 0 Å². The first-order valence-electron chi connectivity index (χ1n) is 7.61. The third kappa shape index (κ3) is 6.63. The number of halogens is 1. The van der Waals surface area contributed by atoms with Crippen LogP contribution in [0, 0.1) is 0 Å². The first kappa shape index (κ1) is 17.7. The van der Waals surface area contributed by atoms with Gasteiger partial charge in [0.1, 0.15) is 0 Å². The Balaban J connectivity index is 1.80. The zero-order valence-corrected chi connectivity index (χ0v) is 14.2. The molecule has 0 aliphatic rings. The summed E-state index contributed by atoms with van der Waals surface area (Å²) >= 11 is 5.81. The van der Waals surface area contributed by atoms with Gasteiger partial charge in [-0.2, -0.15) is 5.10 Å². The van der Waals surface area contributed by atoms with Gasteiger partial charge in [-0.15, -0.1) is 0 Å². The van der Waals surface area contributed by atoms with Gasteiger partial charge < -0.3 is 0 Å². The molecule has 24 heavy (non-hydrogen) atoms. The highest BCUT2D eigenvalue weighted by Gasteiger charge is 2.01. The van der Waals surface area contributed by atoms with Crippen LogP contribution < -0.4 is 5.43 Å². The first-order chi connectivity index (χ1) is 11.6. The molecule has 1 amide bonds. The van der Waals surface area contributed by atoms with Crippen molar-refractivity contribution in [1.29, 1.82) is 0 Å². The minimum Gasteiger partial charge on any atom is -0.273 e. The number of hydrogen-bond donors (Lipinski definition) is 1. The number of allylic oxidation sites excluding steroid dienone is 3. The predicted molar refractivity (Wildman–Crippen MR) is 101 cm³/mol. The second kappa shape index (κ2) is 9.48. The number of carbonyl (C=O) groups is 1. The molecule has 0 saturated heterocycles. The normalized spacial score (nSPS) is 12.0. The van der Waals surface area contributed by atoms with Crippen LogP contribution in [0.3, 0.4) is 0 Å². The van der Waals surface area contributed by atoms with E-state index in [9.17, 15) is 4.79 Å². The monoisotopic (exact) mass is 338 g/mol. The highest BCUT2D eigenvalue weighted by molar-refractivity contribution is 6.30. The summed E-state index contributed by atoms with van der Waals surface area (Å²) in [5.41, 5.74) is 5.29. The Hall–Kier alpha value is -2.65. The van der Waals surface area contributed by atoms with E-state index < -0.39 is 0 Å². The SMILES string of the molecule is CC(/C=C/C=C/c1ccccc1)=N\NC(=O)Cc1ccc(Cl)cc1. The molecule has 0 fully saturated rings. The maximum Gasteiger partial charge on any atom is 0.244 e. The molecule has 0 saturated carbocycles. The molecule has 1 N–H and O–H groups in total. The Kier molecular flexibility index (Phi) is 6.99. The zero-order chi connectivity index (χ0) is 17.2. The maximum atomic E-state index is 11.8. The van der Waals surface area contributed by atoms with Crippen LogP contribution in [-0.4, -0.2) is 11.6 Å². The number of amides is 1. The van der Waals surface area contributed by atoms with Crippen molar-refractivity contribution in [2.45, 2.75) is 13.3 Å². The summed E-state index contributed by atoms with van der Waals surface area (Å²) in [6, 6.07) is 17.2. The third-order valence-electron chi connectivity index (χ3n) is 3.17. The van der Waals surface area contributed by atoms with Crippen molar-refractivity contribution in [2.75, 3.05) is 0 Å². The topological polar surface area (TPSA) is 41.5 Å². The van der Waals surface area contributed by atoms with Gasteiger partial charge in [-0.05, 0) is 36.3 Å². The Morgan fingerprint density at radius 2 is 1.79 bits per heavy atom. The van der Waals surface area contributed by atoms with Crippen molar-refractivity contribution in [3.05, 3.63) is 89.0 Å². The molecule has 0 atom stereocenters. The second-order valence-corrected chi connectivity index (χ2v) is 5.66. The number of nitrogens with zero attached hydrogens (tertiary/aromatic N) is 1. The lowest BCUT2D eigenvalue weighted by atomic mass is 10.1. The van der Waals surface area contributed by atoms with Crippen molar-refractivity contribution < 1.29 is 4.79 Å². The van der Waals surface area contributed by atoms with Crippen LogP contribution in [0.15, 0.2) is 77.9 Å². The fourth-order valence-corrected chi connectivity index (χ4v) is 2.07. The fourth-order valence-electron chi connectivity index (χ4n) is 1.94. The van der Waals surface area contributed by atoms with Gasteiger partial charge in [0.05, 0.1) is 12.1 Å². The second-order valence-electron chi connectivity index (χ2n) is 5.22. The predicted octanol–water partition coefficient (Wildman–Crippen LogP) is 4.64. The van der Waals surface area contributed by atoms with Crippen LogP contribution in [0.25, 0.3) is 6.08 Å². The van der Waals surface area contributed by atoms with Crippen LogP contribution in [0.2, 0.25) is 5.02 Å². The smallest absolute Gasteiger partial charge is 0.244 e. The van der Waals surface area contributed by atoms with Gasteiger partial charge in [0.2, 0.25) is 5.91 Å². The summed E-state index contributed by atoms with van der Waals surface area (Å²) < 4.78 is 0. The highest BCUT2D eigenvalue weighted by atomic mass is 35.5. The summed E-state index contributed by atoms with van der Waals surface area (Å²) in [6.45, 7) is 1.83. The van der Waals surface area contributed by atoms with Crippen LogP contribution >= 0.6 is 11.6 Å². The Bertz CT molecular complexity index is 747. The van der Waals surface area contributed by atoms with Gasteiger partial charge in [0.25, 0.3) is 0 Å². The summed E-state index contributed by atoms with van der Waals surface area (Å²) in [4.78, 5) is 11.8. The maximum absolute atomic E-state index is 11.8. The number of hydrazone groups is 1. The van der Waals surface area contributed by atoms with Crippen molar-refractivity contribution >= 4 is 29.3 Å². The van der Waals surface area contributed by atoms with Gasteiger partial charge >= 0.3 is 0 Å². The summed E-state index contributed by atoms with van der Waals surface area (Å²) in [5, 5.41) is 4.71. The van der Waals surface area contributed by atoms with E-state index in [1.54, 1.807) is 12.1 Å². The van der Waals surface area contributed by atoms with Crippen molar-refractivity contribution in [1.82, 2.24) is 5.43 Å². The average Bonchev–Trinajstić information content (AvgIpc) is 2.60. The molecule has 0 aliphatic carbocycles. The molecule has 2 aromatic carbocycles. The van der Waals surface area contributed by atoms with Gasteiger partial charge in [0, 0.05) is 5.02 Å². The van der Waals surface area contributed by atoms with E-state index in [1.807, 2.05) is 73.7 Å². The van der Waals surface area contributed by atoms with Gasteiger partial charge in [-0.3, -0.25) is 4.79 Å². The molecule has 2 rings (SSSR count). The van der Waals surface area contributed by atoms with Gasteiger partial charge in [-0.1, -0.05) is 72.3 Å². The lowest BCUT2D eigenvalue weighted by Gasteiger charge is -2.01. The molecule has 122 valence electrons. The minimum absolute atomic E-state index is 0.162. The molecule has 0 aliphatic heterocycles. The van der Waals surface area contributed by atoms with Crippen molar-refractivity contribution in [2.24, 2.45) is 5.10 Å². The van der Waals surface area contributed by atoms with Crippen LogP contribution in [0.1, 0.15) is 18.1 Å². The summed E-state index contributed by atoms with van der Waals surface area (Å²) in [6.07, 6.45) is 7.93. The Morgan fingerprint density at radius 1 is 1.08 bits per heavy atom. The van der Waals surface area contributed by atoms with E-state index in [1.165, 1.54) is 0 Å². The molecule has 0 unspecified atom stereocenters. The molecule has 4 heteroatoms. The molecular formula is C20H19ClN2O. The van der Waals surface area contributed by atoms with Crippen LogP contribution in [-0.2, 0) is 11.2 Å². The highest BCUT2D eigenvalue weighted by Crippen LogP contribution is 2.09. The molecule has 3 nitrogen and oxygen atoms in total. The van der Waals surface area contributed by atoms with E-state index in [4.69, 9.17) is 11.6 Å². The average molecular weight is 339 g/mol. The molecule has 0 radical (unpaired) electrons. The molecular weight excluding hydrogens is 320 g/mol. The van der Waals surface area contributed by atoms with E-state index in [2.05, 4.69) is 10.5 Å². The zero-order valence-electron chi connectivity index (χ0n) is 13.4. The van der Waals surface area contributed by atoms with E-state index in [-0.39, 0.29) is 12.3 Å². The van der Waals surface area contributed by atoms with E-state index in [0.717, 1.165) is 16.8 Å². The van der Waals surface area contributed by atoms with Crippen LogP contribution in [0.5, 0.6) is 0 Å². The number of rotatable bonds is 6. The summed E-state index contributed by atoms with van der Waals surface area (Å²) in [5.74, 6) is -0.162. The van der Waals surface area contributed by atoms with Gasteiger partial charge in [-0.25, -0.2) is 5.43 Å². The van der Waals surface area contributed by atoms with Crippen LogP contribution in [0.4, 0.5) is 0 Å². The molecule has 0 spiro atoms. The third-order valence-corrected chi connectivity index (χ3v) is 3.42. The van der Waals surface area contributed by atoms with Gasteiger partial charge in [0.15, 0.2) is 0 Å². The lowest BCUT2D eigenvalue weighted by Crippen LogP contribution is -2.20. The standard InChI is InChI=1S/C20H19ClN2O/c1-16(7-5-6-10-17-8-3-2-4-9-17)22-23-20(24)15-18-11-13-19(21)14-12-18/h2-14H,15H2,1H3,(H,23,24)/b7-5+,10-6+,22-16+. The molecule has 0 aromatic heterocycles. The fraction of sp³-hybridized carbons (Fsp3) is 0.100. The lowest BCUT2D eigenvalue weighted by molar-refractivity contribution is -0.120. The molecule has 0 heterocycles. The largest absolute Gasteiger partial charge is 0.273 e. The Morgan fingerprint density at radius 3 is 2.50 bits per heavy atom. The molecule has 0 bridgehead atoms. The molecule has 2 aromatic rings. The first-order valence-corrected chi connectivity index (χ1v) is 7.98. The van der Waals surface area contributed by atoms with E-state index in [0.29, 0.717) is 5.02 Å². The number of carbonyl (C=O) groups excluding carboxylic acids is 1. The van der Waals surface area contributed by atoms with Crippen molar-refractivity contribution in [3.8, 4) is 0 Å². The Labute approximate surface area is 147 Å². The number of hydrogen-bond acceptors (Lipinski definition) is 2. The minimum atomic E-state index is -0.162. The number of benzene rings is 2. The summed E-state index contributed by atoms with van der Waals surface area (Å²) in [7, 11) is 0.